The first-order valence-electron chi connectivity index (χ1n) is 19.8. The zero-order valence-corrected chi connectivity index (χ0v) is 33.8. The summed E-state index contributed by atoms with van der Waals surface area (Å²) >= 11 is 6.45. The van der Waals surface area contributed by atoms with E-state index in [0.717, 1.165) is 16.8 Å². The average Bonchev–Trinajstić information content (AvgIpc) is 3.63. The molecule has 10 nitrogen and oxygen atoms in total. The number of phenols is 1. The maximum Gasteiger partial charge on any atom is 0.246 e. The van der Waals surface area contributed by atoms with Crippen LogP contribution in [0.3, 0.4) is 0 Å². The van der Waals surface area contributed by atoms with Crippen LogP contribution in [0.2, 0.25) is 5.02 Å². The zero-order valence-electron chi connectivity index (χ0n) is 33.0. The van der Waals surface area contributed by atoms with Crippen molar-refractivity contribution in [3.63, 3.8) is 0 Å². The Morgan fingerprint density at radius 3 is 1.98 bits per heavy atom. The molecule has 1 N–H and O–H groups in total. The normalized spacial score (nSPS) is 25.0. The summed E-state index contributed by atoms with van der Waals surface area (Å²) in [7, 11) is 3.93. The number of carbonyl (C=O) groups excluding carboxylic acids is 4. The summed E-state index contributed by atoms with van der Waals surface area (Å²) in [5, 5.41) is 20.0. The number of nitrogens with zero attached hydrogens (tertiary/aromatic N) is 5. The van der Waals surface area contributed by atoms with E-state index in [1.807, 2.05) is 106 Å². The molecule has 2 heterocycles. The van der Waals surface area contributed by atoms with Crippen molar-refractivity contribution in [2.75, 3.05) is 28.8 Å². The van der Waals surface area contributed by atoms with Crippen molar-refractivity contribution in [2.24, 2.45) is 33.9 Å². The van der Waals surface area contributed by atoms with Gasteiger partial charge >= 0.3 is 0 Å². The molecule has 0 bridgehead atoms. The number of aromatic hydroxyl groups is 1. The SMILES string of the molecule is Cc1cc([C@H]2C3=CC[C@@H]4C(=O)N(c5ccc(N=Nc6ccc(N(C)C)cc6)cc5)C(=O)[C@@H]4[C@@H]3C[C@H]3C(=O)N(c4cccc(Cl)c4)C(=O)[C@@]23c2ccccc2)cc(C)c1O. The molecular weight excluding hydrogens is 762 g/mol. The first-order valence-corrected chi connectivity index (χ1v) is 20.1. The second kappa shape index (κ2) is 14.5. The van der Waals surface area contributed by atoms with Gasteiger partial charge in [-0.25, -0.2) is 4.90 Å². The Morgan fingerprint density at radius 2 is 1.36 bits per heavy atom. The molecule has 296 valence electrons. The Morgan fingerprint density at radius 1 is 0.712 bits per heavy atom. The number of rotatable bonds is 7. The third-order valence-corrected chi connectivity index (χ3v) is 13.0. The van der Waals surface area contributed by atoms with Crippen molar-refractivity contribution in [1.82, 2.24) is 0 Å². The largest absolute Gasteiger partial charge is 0.507 e. The molecule has 1 saturated carbocycles. The highest BCUT2D eigenvalue weighted by Crippen LogP contribution is 2.65. The zero-order chi connectivity index (χ0) is 41.3. The lowest BCUT2D eigenvalue weighted by Gasteiger charge is -2.51. The third-order valence-electron chi connectivity index (χ3n) is 12.8. The lowest BCUT2D eigenvalue weighted by Crippen LogP contribution is -2.53. The number of imide groups is 2. The van der Waals surface area contributed by atoms with Gasteiger partial charge in [0.15, 0.2) is 0 Å². The number of amides is 4. The second-order valence-electron chi connectivity index (χ2n) is 16.2. The van der Waals surface area contributed by atoms with E-state index in [4.69, 9.17) is 11.6 Å². The minimum absolute atomic E-state index is 0.150. The van der Waals surface area contributed by atoms with E-state index < -0.39 is 35.0 Å². The second-order valence-corrected chi connectivity index (χ2v) is 16.7. The molecule has 0 unspecified atom stereocenters. The number of aryl methyl sites for hydroxylation is 2. The Hall–Kier alpha value is -6.39. The molecule has 3 fully saturated rings. The molecule has 0 radical (unpaired) electrons. The van der Waals surface area contributed by atoms with Crippen LogP contribution in [-0.4, -0.2) is 42.8 Å². The Kier molecular flexibility index (Phi) is 9.35. The number of halogens is 1. The molecule has 0 aromatic heterocycles. The molecular formula is C48H42ClN5O5. The number of hydrogen-bond donors (Lipinski definition) is 1. The van der Waals surface area contributed by atoms with E-state index in [1.165, 1.54) is 9.80 Å². The van der Waals surface area contributed by atoms with Crippen LogP contribution in [0.5, 0.6) is 5.75 Å². The van der Waals surface area contributed by atoms with Crippen molar-refractivity contribution in [1.29, 1.82) is 0 Å². The van der Waals surface area contributed by atoms with Gasteiger partial charge in [0.25, 0.3) is 0 Å². The van der Waals surface area contributed by atoms with Crippen LogP contribution in [0.25, 0.3) is 0 Å². The van der Waals surface area contributed by atoms with E-state index in [-0.39, 0.29) is 35.8 Å². The van der Waals surface area contributed by atoms with Crippen molar-refractivity contribution in [2.45, 2.75) is 38.0 Å². The fourth-order valence-electron chi connectivity index (χ4n) is 10.1. The molecule has 2 aliphatic heterocycles. The quantitative estimate of drug-likeness (QED) is 0.0994. The van der Waals surface area contributed by atoms with Gasteiger partial charge in [-0.2, -0.15) is 10.2 Å². The fourth-order valence-corrected chi connectivity index (χ4v) is 10.3. The van der Waals surface area contributed by atoms with E-state index in [1.54, 1.807) is 48.5 Å². The van der Waals surface area contributed by atoms with Crippen LogP contribution in [0.15, 0.2) is 137 Å². The van der Waals surface area contributed by atoms with Crippen LogP contribution in [0.1, 0.15) is 41.0 Å². The summed E-state index contributed by atoms with van der Waals surface area (Å²) in [4.78, 5) is 64.2. The van der Waals surface area contributed by atoms with Gasteiger partial charge in [0.1, 0.15) is 5.75 Å². The van der Waals surface area contributed by atoms with Crippen LogP contribution in [0, 0.1) is 37.5 Å². The summed E-state index contributed by atoms with van der Waals surface area (Å²) < 4.78 is 0. The number of benzene rings is 5. The Bertz CT molecular complexity index is 2580. The van der Waals surface area contributed by atoms with Gasteiger partial charge in [-0.1, -0.05) is 71.8 Å². The molecule has 59 heavy (non-hydrogen) atoms. The Labute approximate surface area is 347 Å². The molecule has 2 aliphatic carbocycles. The predicted molar refractivity (Wildman–Crippen MR) is 228 cm³/mol. The highest BCUT2D eigenvalue weighted by Gasteiger charge is 2.70. The summed E-state index contributed by atoms with van der Waals surface area (Å²) in [6, 6.07) is 34.5. The molecule has 4 amide bonds. The number of hydrogen-bond acceptors (Lipinski definition) is 8. The van der Waals surface area contributed by atoms with Gasteiger partial charge < -0.3 is 10.0 Å². The average molecular weight is 804 g/mol. The standard InChI is InChI=1S/C48H42ClN5O5/c1-27-23-29(24-28(2)43(27)55)42-37-21-22-38-41(46(58)53(44(38)56)35-19-15-33(16-20-35)51-50-32-13-17-34(18-14-32)52(3)4)39(37)26-40-45(57)54(36-12-8-11-31(49)25-36)47(59)48(40,42)30-9-6-5-7-10-30/h5-21,23-25,38-42,55H,22,26H2,1-4H3/t38-,39+,40-,41-,42-,48+/m0/s1. The maximum absolute atomic E-state index is 15.5. The summed E-state index contributed by atoms with van der Waals surface area (Å²) in [6.45, 7) is 3.63. The monoisotopic (exact) mass is 803 g/mol. The lowest BCUT2D eigenvalue weighted by molar-refractivity contribution is -0.127. The van der Waals surface area contributed by atoms with Crippen molar-refractivity contribution >= 4 is 63.7 Å². The third kappa shape index (κ3) is 5.99. The molecule has 2 saturated heterocycles. The number of azo groups is 1. The maximum atomic E-state index is 15.5. The number of allylic oxidation sites excluding steroid dienone is 2. The molecule has 11 heteroatoms. The summed E-state index contributed by atoms with van der Waals surface area (Å²) in [6.07, 6.45) is 2.51. The topological polar surface area (TPSA) is 123 Å². The van der Waals surface area contributed by atoms with E-state index in [9.17, 15) is 14.7 Å². The van der Waals surface area contributed by atoms with E-state index in [2.05, 4.69) is 10.2 Å². The molecule has 5 aromatic carbocycles. The highest BCUT2D eigenvalue weighted by molar-refractivity contribution is 6.32. The van der Waals surface area contributed by atoms with Crippen molar-refractivity contribution in [3.05, 3.63) is 154 Å². The van der Waals surface area contributed by atoms with Crippen LogP contribution >= 0.6 is 11.6 Å². The molecule has 0 spiro atoms. The van der Waals surface area contributed by atoms with Crippen LogP contribution in [-0.2, 0) is 24.6 Å². The number of fused-ring (bicyclic) bond motifs is 4. The summed E-state index contributed by atoms with van der Waals surface area (Å²) in [5.41, 5.74) is 5.23. The smallest absolute Gasteiger partial charge is 0.246 e. The fraction of sp³-hybridized carbons (Fsp3) is 0.250. The summed E-state index contributed by atoms with van der Waals surface area (Å²) in [5.74, 6) is -4.77. The van der Waals surface area contributed by atoms with Crippen LogP contribution < -0.4 is 14.7 Å². The molecule has 6 atom stereocenters. The number of anilines is 3. The molecule has 5 aromatic rings. The minimum Gasteiger partial charge on any atom is -0.507 e. The van der Waals surface area contributed by atoms with Gasteiger partial charge in [0, 0.05) is 30.7 Å². The lowest BCUT2D eigenvalue weighted by atomic mass is 9.49. The van der Waals surface area contributed by atoms with E-state index >= 15 is 9.59 Å². The number of phenolic OH excluding ortho intramolecular Hbond substituents is 1. The van der Waals surface area contributed by atoms with Crippen LogP contribution in [0.4, 0.5) is 28.4 Å². The highest BCUT2D eigenvalue weighted by atomic mass is 35.5. The minimum atomic E-state index is -1.41. The predicted octanol–water partition coefficient (Wildman–Crippen LogP) is 9.51. The van der Waals surface area contributed by atoms with Crippen molar-refractivity contribution < 1.29 is 24.3 Å². The van der Waals surface area contributed by atoms with Gasteiger partial charge in [-0.3, -0.25) is 24.1 Å². The van der Waals surface area contributed by atoms with Crippen molar-refractivity contribution in [3.8, 4) is 5.75 Å². The first-order chi connectivity index (χ1) is 28.4. The molecule has 9 rings (SSSR count). The van der Waals surface area contributed by atoms with Gasteiger partial charge in [0.05, 0.1) is 45.9 Å². The van der Waals surface area contributed by atoms with Gasteiger partial charge in [-0.05, 0) is 122 Å². The van der Waals surface area contributed by atoms with E-state index in [0.29, 0.717) is 50.9 Å². The number of carbonyl (C=O) groups is 4. The Balaban J connectivity index is 1.12. The first kappa shape index (κ1) is 38.1. The van der Waals surface area contributed by atoms with Gasteiger partial charge in [-0.15, -0.1) is 0 Å². The van der Waals surface area contributed by atoms with Gasteiger partial charge in [0.2, 0.25) is 23.6 Å². The molecule has 4 aliphatic rings.